The maximum absolute atomic E-state index is 5.71. The Hall–Kier alpha value is -1.48. The van der Waals surface area contributed by atoms with Crippen molar-refractivity contribution in [1.82, 2.24) is 9.94 Å². The smallest absolute Gasteiger partial charge is 0.142 e. The van der Waals surface area contributed by atoms with Crippen molar-refractivity contribution >= 4 is 11.6 Å². The molecule has 0 unspecified atom stereocenters. The molecule has 0 saturated carbocycles. The van der Waals surface area contributed by atoms with E-state index in [-0.39, 0.29) is 0 Å². The zero-order chi connectivity index (χ0) is 10.5. The summed E-state index contributed by atoms with van der Waals surface area (Å²) >= 11 is 5.71. The lowest BCUT2D eigenvalue weighted by atomic mass is 10.2. The van der Waals surface area contributed by atoms with Crippen LogP contribution >= 0.6 is 11.6 Å². The van der Waals surface area contributed by atoms with E-state index >= 15 is 0 Å². The molecule has 0 bridgehead atoms. The predicted molar refractivity (Wildman–Crippen MR) is 58.5 cm³/mol. The second kappa shape index (κ2) is 4.84. The van der Waals surface area contributed by atoms with Gasteiger partial charge in [0, 0.05) is 0 Å². The fourth-order valence-electron chi connectivity index (χ4n) is 1.24. The van der Waals surface area contributed by atoms with Gasteiger partial charge >= 0.3 is 0 Å². The summed E-state index contributed by atoms with van der Waals surface area (Å²) in [6.07, 6.45) is 1.67. The van der Waals surface area contributed by atoms with Crippen LogP contribution in [0.15, 0.2) is 42.6 Å². The van der Waals surface area contributed by atoms with E-state index in [1.165, 1.54) is 4.85 Å². The number of aromatic nitrogens is 2. The summed E-state index contributed by atoms with van der Waals surface area (Å²) in [6, 6.07) is 11.8. The highest BCUT2D eigenvalue weighted by atomic mass is 35.5. The molecule has 78 valence electrons. The van der Waals surface area contributed by atoms with E-state index in [0.717, 1.165) is 11.3 Å². The van der Waals surface area contributed by atoms with Gasteiger partial charge in [0.05, 0.1) is 17.8 Å². The number of benzene rings is 1. The van der Waals surface area contributed by atoms with Gasteiger partial charge in [0.25, 0.3) is 0 Å². The first kappa shape index (κ1) is 10.1. The third-order valence-electron chi connectivity index (χ3n) is 2.02. The van der Waals surface area contributed by atoms with Crippen molar-refractivity contribution in [1.29, 1.82) is 0 Å². The molecule has 3 nitrogen and oxygen atoms in total. The topological polar surface area (TPSA) is 27.1 Å². The average Bonchev–Trinajstić information content (AvgIpc) is 2.75. The van der Waals surface area contributed by atoms with E-state index in [2.05, 4.69) is 5.10 Å². The quantitative estimate of drug-likeness (QED) is 0.742. The molecule has 0 aliphatic heterocycles. The van der Waals surface area contributed by atoms with Crippen molar-refractivity contribution in [2.45, 2.75) is 12.5 Å². The van der Waals surface area contributed by atoms with Crippen molar-refractivity contribution in [3.8, 4) is 0 Å². The molecule has 1 aromatic carbocycles. The lowest BCUT2D eigenvalue weighted by molar-refractivity contribution is 0.0652. The van der Waals surface area contributed by atoms with Gasteiger partial charge in [-0.25, -0.2) is 0 Å². The van der Waals surface area contributed by atoms with Crippen molar-refractivity contribution in [2.24, 2.45) is 0 Å². The first-order valence-corrected chi connectivity index (χ1v) is 5.19. The molecule has 15 heavy (non-hydrogen) atoms. The molecule has 2 rings (SSSR count). The third-order valence-corrected chi connectivity index (χ3v) is 2.29. The Morgan fingerprint density at radius 3 is 2.73 bits per heavy atom. The van der Waals surface area contributed by atoms with Crippen LogP contribution in [0, 0.1) is 0 Å². The Morgan fingerprint density at radius 2 is 2.00 bits per heavy atom. The van der Waals surface area contributed by atoms with E-state index in [1.807, 2.05) is 36.4 Å². The number of hydrogen-bond acceptors (Lipinski definition) is 2. The minimum atomic E-state index is 0.398. The standard InChI is InChI=1S/C11H11ClN2O/c12-8-11-6-7-13-14(11)15-9-10-4-2-1-3-5-10/h1-7H,8-9H2. The van der Waals surface area contributed by atoms with Crippen LogP contribution in [0.5, 0.6) is 0 Å². The van der Waals surface area contributed by atoms with Crippen LogP contribution in [0.4, 0.5) is 0 Å². The lowest BCUT2D eigenvalue weighted by Crippen LogP contribution is -2.14. The summed E-state index contributed by atoms with van der Waals surface area (Å²) in [5.41, 5.74) is 1.96. The molecule has 0 aliphatic carbocycles. The van der Waals surface area contributed by atoms with Gasteiger partial charge in [-0.05, 0) is 11.6 Å². The number of rotatable bonds is 4. The predicted octanol–water partition coefficient (Wildman–Crippen LogP) is 2.25. The summed E-state index contributed by atoms with van der Waals surface area (Å²) in [5.74, 6) is 0.398. The lowest BCUT2D eigenvalue weighted by Gasteiger charge is -2.07. The summed E-state index contributed by atoms with van der Waals surface area (Å²) in [5, 5.41) is 4.01. The Labute approximate surface area is 93.2 Å². The minimum absolute atomic E-state index is 0.398. The van der Waals surface area contributed by atoms with Gasteiger partial charge in [-0.2, -0.15) is 0 Å². The molecule has 0 spiro atoms. The maximum atomic E-state index is 5.71. The van der Waals surface area contributed by atoms with Gasteiger partial charge in [0.1, 0.15) is 6.61 Å². The molecule has 0 aliphatic rings. The molecule has 1 aromatic heterocycles. The Balaban J connectivity index is 1.99. The van der Waals surface area contributed by atoms with Crippen molar-refractivity contribution < 1.29 is 4.84 Å². The fourth-order valence-corrected chi connectivity index (χ4v) is 1.43. The van der Waals surface area contributed by atoms with Gasteiger partial charge in [-0.15, -0.1) is 21.5 Å². The number of hydrogen-bond donors (Lipinski definition) is 0. The Bertz CT molecular complexity index is 414. The summed E-state index contributed by atoms with van der Waals surface area (Å²) < 4.78 is 0. The normalized spacial score (nSPS) is 10.2. The number of alkyl halides is 1. The zero-order valence-electron chi connectivity index (χ0n) is 8.14. The van der Waals surface area contributed by atoms with Crippen LogP contribution in [-0.2, 0) is 12.5 Å². The van der Waals surface area contributed by atoms with Gasteiger partial charge in [-0.1, -0.05) is 30.3 Å². The second-order valence-electron chi connectivity index (χ2n) is 3.09. The fraction of sp³-hybridized carbons (Fsp3) is 0.182. The van der Waals surface area contributed by atoms with Crippen LogP contribution in [0.3, 0.4) is 0 Å². The van der Waals surface area contributed by atoms with E-state index < -0.39 is 0 Å². The highest BCUT2D eigenvalue weighted by molar-refractivity contribution is 6.16. The van der Waals surface area contributed by atoms with Crippen LogP contribution in [0.2, 0.25) is 0 Å². The first-order valence-electron chi connectivity index (χ1n) is 4.66. The van der Waals surface area contributed by atoms with Crippen LogP contribution in [0.1, 0.15) is 11.3 Å². The zero-order valence-corrected chi connectivity index (χ0v) is 8.89. The van der Waals surface area contributed by atoms with Crippen molar-refractivity contribution in [3.05, 3.63) is 53.9 Å². The molecule has 0 amide bonds. The molecule has 0 radical (unpaired) electrons. The van der Waals surface area contributed by atoms with Gasteiger partial charge in [0.15, 0.2) is 0 Å². The molecule has 0 saturated heterocycles. The van der Waals surface area contributed by atoms with E-state index in [9.17, 15) is 0 Å². The third kappa shape index (κ3) is 2.50. The molecular formula is C11H11ClN2O. The minimum Gasteiger partial charge on any atom is -0.392 e. The second-order valence-corrected chi connectivity index (χ2v) is 3.36. The number of nitrogens with zero attached hydrogens (tertiary/aromatic N) is 2. The number of halogens is 1. The molecule has 4 heteroatoms. The largest absolute Gasteiger partial charge is 0.392 e. The molecule has 0 N–H and O–H groups in total. The summed E-state index contributed by atoms with van der Waals surface area (Å²) in [7, 11) is 0. The van der Waals surface area contributed by atoms with E-state index in [1.54, 1.807) is 6.20 Å². The molecule has 0 atom stereocenters. The van der Waals surface area contributed by atoms with Crippen LogP contribution in [-0.4, -0.2) is 9.94 Å². The van der Waals surface area contributed by atoms with Crippen molar-refractivity contribution in [3.63, 3.8) is 0 Å². The Kier molecular flexibility index (Phi) is 3.25. The Morgan fingerprint density at radius 1 is 1.20 bits per heavy atom. The van der Waals surface area contributed by atoms with E-state index in [4.69, 9.17) is 16.4 Å². The monoisotopic (exact) mass is 222 g/mol. The SMILES string of the molecule is ClCc1ccnn1OCc1ccccc1. The summed E-state index contributed by atoms with van der Waals surface area (Å²) in [6.45, 7) is 0.492. The van der Waals surface area contributed by atoms with E-state index in [0.29, 0.717) is 12.5 Å². The van der Waals surface area contributed by atoms with Gasteiger partial charge in [0.2, 0.25) is 0 Å². The summed E-state index contributed by atoms with van der Waals surface area (Å²) in [4.78, 5) is 6.93. The van der Waals surface area contributed by atoms with Crippen LogP contribution in [0.25, 0.3) is 0 Å². The molecular weight excluding hydrogens is 212 g/mol. The highest BCUT2D eigenvalue weighted by Gasteiger charge is 2.01. The first-order chi connectivity index (χ1) is 7.40. The van der Waals surface area contributed by atoms with Gasteiger partial charge < -0.3 is 4.84 Å². The molecule has 0 fully saturated rings. The van der Waals surface area contributed by atoms with Gasteiger partial charge in [-0.3, -0.25) is 0 Å². The maximum Gasteiger partial charge on any atom is 0.142 e. The average molecular weight is 223 g/mol. The van der Waals surface area contributed by atoms with Crippen LogP contribution < -0.4 is 4.84 Å². The highest BCUT2D eigenvalue weighted by Crippen LogP contribution is 2.03. The molecule has 1 heterocycles. The molecule has 2 aromatic rings. The van der Waals surface area contributed by atoms with Crippen molar-refractivity contribution in [2.75, 3.05) is 0 Å².